The van der Waals surface area contributed by atoms with Crippen molar-refractivity contribution in [2.24, 2.45) is 10.1 Å². The minimum absolute atomic E-state index is 0.0480. The van der Waals surface area contributed by atoms with Crippen molar-refractivity contribution in [1.29, 1.82) is 0 Å². The molecule has 0 radical (unpaired) electrons. The van der Waals surface area contributed by atoms with E-state index in [-0.39, 0.29) is 15.3 Å². The molecule has 2 N–H and O–H groups in total. The predicted octanol–water partition coefficient (Wildman–Crippen LogP) is 1.84. The molecule has 0 fully saturated rings. The van der Waals surface area contributed by atoms with Crippen LogP contribution in [-0.2, 0) is 21.3 Å². The zero-order chi connectivity index (χ0) is 22.2. The third kappa shape index (κ3) is 4.21. The number of hydrogen-bond acceptors (Lipinski definition) is 7. The minimum atomic E-state index is -3.89. The lowest BCUT2D eigenvalue weighted by molar-refractivity contribution is 0.0994. The number of aromatic nitrogens is 1. The van der Waals surface area contributed by atoms with Crippen LogP contribution in [0.3, 0.4) is 0 Å². The second kappa shape index (κ2) is 8.19. The number of sulfonamides is 1. The van der Waals surface area contributed by atoms with E-state index < -0.39 is 21.6 Å². The molecule has 4 aromatic rings. The Morgan fingerprint density at radius 2 is 2.00 bits per heavy atom. The highest BCUT2D eigenvalue weighted by Gasteiger charge is 2.16. The molecule has 4 rings (SSSR count). The maximum atomic E-state index is 12.8. The van der Waals surface area contributed by atoms with E-state index in [2.05, 4.69) is 4.99 Å². The number of nitrogens with zero attached hydrogens (tertiary/aromatic N) is 2. The van der Waals surface area contributed by atoms with Crippen molar-refractivity contribution in [3.63, 3.8) is 0 Å². The number of rotatable bonds is 5. The number of fused-ring (bicyclic) bond motifs is 2. The van der Waals surface area contributed by atoms with Crippen LogP contribution in [0.15, 0.2) is 67.6 Å². The number of benzene rings is 2. The summed E-state index contributed by atoms with van der Waals surface area (Å²) in [4.78, 5) is 29.5. The van der Waals surface area contributed by atoms with Crippen LogP contribution in [-0.4, -0.2) is 32.6 Å². The number of para-hydroxylation sites is 1. The molecular formula is C20H17N3O6S2. The summed E-state index contributed by atoms with van der Waals surface area (Å²) >= 11 is 1.10. The van der Waals surface area contributed by atoms with Gasteiger partial charge >= 0.3 is 5.63 Å². The summed E-state index contributed by atoms with van der Waals surface area (Å²) < 4.78 is 36.0. The maximum absolute atomic E-state index is 12.8. The largest absolute Gasteiger partial charge is 0.422 e. The first kappa shape index (κ1) is 21.1. The Hall–Kier alpha value is -3.12. The lowest BCUT2D eigenvalue weighted by Gasteiger charge is -2.05. The molecule has 1 amide bonds. The Labute approximate surface area is 180 Å². The first-order chi connectivity index (χ1) is 14.8. The lowest BCUT2D eigenvalue weighted by atomic mass is 10.2. The van der Waals surface area contributed by atoms with E-state index in [1.807, 2.05) is 0 Å². The molecule has 0 saturated heterocycles. The highest BCUT2D eigenvalue weighted by molar-refractivity contribution is 7.89. The van der Waals surface area contributed by atoms with E-state index in [1.54, 1.807) is 34.9 Å². The maximum Gasteiger partial charge on any atom is 0.349 e. The van der Waals surface area contributed by atoms with Crippen LogP contribution in [0.2, 0.25) is 0 Å². The summed E-state index contributed by atoms with van der Waals surface area (Å²) in [5.41, 5.74) is 0.0522. The Bertz CT molecular complexity index is 1550. The lowest BCUT2D eigenvalue weighted by Crippen LogP contribution is -2.21. The molecule has 11 heteroatoms. The fourth-order valence-electron chi connectivity index (χ4n) is 3.07. The number of carbonyl (C=O) groups is 1. The molecule has 0 atom stereocenters. The highest BCUT2D eigenvalue weighted by Crippen LogP contribution is 2.21. The number of thiazole rings is 1. The fourth-order valence-corrected chi connectivity index (χ4v) is 4.78. The first-order valence-electron chi connectivity index (χ1n) is 9.05. The Kier molecular flexibility index (Phi) is 5.58. The third-order valence-electron chi connectivity index (χ3n) is 4.57. The number of ether oxygens (including phenoxy) is 1. The van der Waals surface area contributed by atoms with Crippen molar-refractivity contribution < 1.29 is 22.4 Å². The van der Waals surface area contributed by atoms with Gasteiger partial charge in [-0.1, -0.05) is 29.5 Å². The van der Waals surface area contributed by atoms with Gasteiger partial charge in [-0.25, -0.2) is 18.4 Å². The standard InChI is InChI=1S/C20H17N3O6S2/c1-28-9-8-23-15-7-6-13(31(21,26)27)11-17(15)30-20(23)22-18(24)14-10-12-4-2-3-5-16(12)29-19(14)25/h2-7,10-11H,8-9H2,1H3,(H2,21,26,27). The molecule has 2 aromatic carbocycles. The van der Waals surface area contributed by atoms with Gasteiger partial charge in [0.2, 0.25) is 10.0 Å². The van der Waals surface area contributed by atoms with E-state index in [1.165, 1.54) is 25.3 Å². The van der Waals surface area contributed by atoms with Crippen LogP contribution in [0.5, 0.6) is 0 Å². The Balaban J connectivity index is 1.88. The minimum Gasteiger partial charge on any atom is -0.422 e. The van der Waals surface area contributed by atoms with Gasteiger partial charge in [0.15, 0.2) is 4.80 Å². The second-order valence-electron chi connectivity index (χ2n) is 6.61. The number of methoxy groups -OCH3 is 1. The summed E-state index contributed by atoms with van der Waals surface area (Å²) in [6.07, 6.45) is 0. The van der Waals surface area contributed by atoms with Gasteiger partial charge in [0.05, 0.1) is 21.7 Å². The van der Waals surface area contributed by atoms with Crippen LogP contribution < -0.4 is 15.6 Å². The molecule has 0 unspecified atom stereocenters. The van der Waals surface area contributed by atoms with E-state index in [4.69, 9.17) is 14.3 Å². The van der Waals surface area contributed by atoms with Crippen LogP contribution in [0, 0.1) is 0 Å². The third-order valence-corrected chi connectivity index (χ3v) is 6.52. The molecular weight excluding hydrogens is 442 g/mol. The predicted molar refractivity (Wildman–Crippen MR) is 115 cm³/mol. The van der Waals surface area contributed by atoms with Crippen molar-refractivity contribution in [2.75, 3.05) is 13.7 Å². The molecule has 9 nitrogen and oxygen atoms in total. The molecule has 0 aliphatic heterocycles. The molecule has 0 aliphatic rings. The van der Waals surface area contributed by atoms with Crippen molar-refractivity contribution >= 4 is 48.5 Å². The molecule has 0 saturated carbocycles. The number of amides is 1. The molecule has 2 aromatic heterocycles. The quantitative estimate of drug-likeness (QED) is 0.453. The summed E-state index contributed by atoms with van der Waals surface area (Å²) in [7, 11) is -2.35. The summed E-state index contributed by atoms with van der Waals surface area (Å²) in [5, 5.41) is 5.82. The normalized spacial score (nSPS) is 12.6. The monoisotopic (exact) mass is 459 g/mol. The van der Waals surface area contributed by atoms with Crippen LogP contribution in [0.1, 0.15) is 10.4 Å². The second-order valence-corrected chi connectivity index (χ2v) is 9.18. The number of carbonyl (C=O) groups excluding carboxylic acids is 1. The van der Waals surface area contributed by atoms with Crippen molar-refractivity contribution in [2.45, 2.75) is 11.4 Å². The zero-order valence-electron chi connectivity index (χ0n) is 16.3. The van der Waals surface area contributed by atoms with Crippen LogP contribution in [0.25, 0.3) is 21.2 Å². The highest BCUT2D eigenvalue weighted by atomic mass is 32.2. The van der Waals surface area contributed by atoms with Crippen molar-refractivity contribution in [1.82, 2.24) is 4.57 Å². The van der Waals surface area contributed by atoms with E-state index in [9.17, 15) is 18.0 Å². The average Bonchev–Trinajstić information content (AvgIpc) is 3.07. The molecule has 2 heterocycles. The van der Waals surface area contributed by atoms with Gasteiger partial charge in [-0.05, 0) is 30.3 Å². The van der Waals surface area contributed by atoms with Crippen LogP contribution >= 0.6 is 11.3 Å². The molecule has 0 bridgehead atoms. The molecule has 160 valence electrons. The zero-order valence-corrected chi connectivity index (χ0v) is 17.9. The molecule has 0 spiro atoms. The summed E-state index contributed by atoms with van der Waals surface area (Å²) in [6, 6.07) is 12.7. The molecule has 0 aliphatic carbocycles. The SMILES string of the molecule is COCCn1c(=NC(=O)c2cc3ccccc3oc2=O)sc2cc(S(N)(=O)=O)ccc21. The Morgan fingerprint density at radius 1 is 1.23 bits per heavy atom. The van der Waals surface area contributed by atoms with Gasteiger partial charge in [0.25, 0.3) is 5.91 Å². The summed E-state index contributed by atoms with van der Waals surface area (Å²) in [5.74, 6) is -0.760. The van der Waals surface area contributed by atoms with Gasteiger partial charge in [-0.15, -0.1) is 0 Å². The average molecular weight is 460 g/mol. The Morgan fingerprint density at radius 3 is 2.74 bits per heavy atom. The molecule has 31 heavy (non-hydrogen) atoms. The van der Waals surface area contributed by atoms with Crippen molar-refractivity contribution in [3.05, 3.63) is 69.3 Å². The number of primary sulfonamides is 1. The number of hydrogen-bond donors (Lipinski definition) is 1. The van der Waals surface area contributed by atoms with Gasteiger partial charge in [-0.2, -0.15) is 4.99 Å². The number of nitrogens with two attached hydrogens (primary N) is 1. The van der Waals surface area contributed by atoms with E-state index in [0.717, 1.165) is 11.3 Å². The van der Waals surface area contributed by atoms with Gasteiger partial charge in [0.1, 0.15) is 11.1 Å². The van der Waals surface area contributed by atoms with Crippen LogP contribution in [0.4, 0.5) is 0 Å². The fraction of sp³-hybridized carbons (Fsp3) is 0.150. The van der Waals surface area contributed by atoms with Gasteiger partial charge < -0.3 is 13.7 Å². The van der Waals surface area contributed by atoms with Gasteiger partial charge in [0, 0.05) is 19.0 Å². The van der Waals surface area contributed by atoms with E-state index >= 15 is 0 Å². The topological polar surface area (TPSA) is 134 Å². The summed E-state index contributed by atoms with van der Waals surface area (Å²) in [6.45, 7) is 0.700. The van der Waals surface area contributed by atoms with Gasteiger partial charge in [-0.3, -0.25) is 4.79 Å². The van der Waals surface area contributed by atoms with Crippen molar-refractivity contribution in [3.8, 4) is 0 Å². The smallest absolute Gasteiger partial charge is 0.349 e. The first-order valence-corrected chi connectivity index (χ1v) is 11.4. The van der Waals surface area contributed by atoms with E-state index in [0.29, 0.717) is 34.3 Å².